The molecule has 0 aliphatic carbocycles. The molecule has 0 aromatic heterocycles. The summed E-state index contributed by atoms with van der Waals surface area (Å²) in [7, 11) is 0. The van der Waals surface area contributed by atoms with E-state index in [0.29, 0.717) is 19.3 Å². The summed E-state index contributed by atoms with van der Waals surface area (Å²) >= 11 is 0. The van der Waals surface area contributed by atoms with Gasteiger partial charge in [-0.15, -0.1) is 0 Å². The van der Waals surface area contributed by atoms with Crippen LogP contribution in [0.4, 0.5) is 0 Å². The van der Waals surface area contributed by atoms with Gasteiger partial charge in [-0.3, -0.25) is 9.59 Å². The Balaban J connectivity index is 2.59. The number of ether oxygens (including phenoxy) is 3. The molecule has 81 heavy (non-hydrogen) atoms. The van der Waals surface area contributed by atoms with E-state index in [0.717, 1.165) is 89.9 Å². The number of hydrogen-bond donors (Lipinski definition) is 6. The van der Waals surface area contributed by atoms with Crippen molar-refractivity contribution in [3.8, 4) is 0 Å². The van der Waals surface area contributed by atoms with Gasteiger partial charge in [0.15, 0.2) is 12.4 Å². The highest BCUT2D eigenvalue weighted by atomic mass is 16.7. The van der Waals surface area contributed by atoms with Gasteiger partial charge in [0, 0.05) is 6.42 Å². The number of nitrogens with one attached hydrogen (secondary N) is 1. The zero-order valence-corrected chi connectivity index (χ0v) is 52.7. The molecule has 11 heteroatoms. The second-order valence-corrected chi connectivity index (χ2v) is 23.9. The van der Waals surface area contributed by atoms with Crippen LogP contribution in [0.3, 0.4) is 0 Å². The third-order valence-corrected chi connectivity index (χ3v) is 16.2. The second-order valence-electron chi connectivity index (χ2n) is 23.9. The molecule has 0 aromatic rings. The van der Waals surface area contributed by atoms with Gasteiger partial charge in [0.2, 0.25) is 5.91 Å². The number of esters is 1. The van der Waals surface area contributed by atoms with E-state index in [1.54, 1.807) is 6.08 Å². The largest absolute Gasteiger partial charge is 0.454 e. The lowest BCUT2D eigenvalue weighted by molar-refractivity contribution is -0.305. The van der Waals surface area contributed by atoms with Gasteiger partial charge >= 0.3 is 5.97 Å². The predicted octanol–water partition coefficient (Wildman–Crippen LogP) is 17.2. The van der Waals surface area contributed by atoms with Crippen LogP contribution in [0.1, 0.15) is 323 Å². The maximum absolute atomic E-state index is 13.5. The highest BCUT2D eigenvalue weighted by Gasteiger charge is 2.47. The molecule has 1 aliphatic rings. The Kier molecular flexibility index (Phi) is 54.9. The molecule has 0 bridgehead atoms. The molecule has 1 amide bonds. The molecule has 0 saturated carbocycles. The molecule has 1 fully saturated rings. The SMILES string of the molecule is CCCCC/C=C\C/C=C\C/C=C\CCCCCCCCC(=O)OC1C(OCC(NC(=O)C(O)CCCCCCCCCCCCCCCCCCCCCCCC)C(O)/C=C/CCCCCCCCCCC)OC(CO)C(O)C1O. The van der Waals surface area contributed by atoms with Gasteiger partial charge in [-0.05, 0) is 64.2 Å². The Morgan fingerprint density at radius 1 is 0.481 bits per heavy atom. The monoisotopic (exact) mass is 1140 g/mol. The Hall–Kier alpha value is -2.38. The minimum absolute atomic E-state index is 0.110. The summed E-state index contributed by atoms with van der Waals surface area (Å²) < 4.78 is 17.7. The van der Waals surface area contributed by atoms with Crippen LogP contribution in [0.2, 0.25) is 0 Å². The number of hydrogen-bond acceptors (Lipinski definition) is 10. The first-order valence-electron chi connectivity index (χ1n) is 34.4. The summed E-state index contributed by atoms with van der Waals surface area (Å²) in [6.45, 7) is 5.79. The van der Waals surface area contributed by atoms with Crippen LogP contribution in [-0.4, -0.2) is 99.6 Å². The van der Waals surface area contributed by atoms with E-state index in [-0.39, 0.29) is 13.0 Å². The summed E-state index contributed by atoms with van der Waals surface area (Å²) in [5.41, 5.74) is 0. The molecular formula is C70H129NO10. The van der Waals surface area contributed by atoms with E-state index in [4.69, 9.17) is 14.2 Å². The molecule has 474 valence electrons. The summed E-state index contributed by atoms with van der Waals surface area (Å²) in [6.07, 6.45) is 61.5. The van der Waals surface area contributed by atoms with Crippen molar-refractivity contribution in [1.82, 2.24) is 5.32 Å². The van der Waals surface area contributed by atoms with Crippen molar-refractivity contribution in [2.24, 2.45) is 0 Å². The molecule has 1 aliphatic heterocycles. The molecule has 0 aromatic carbocycles. The average Bonchev–Trinajstić information content (AvgIpc) is 3.50. The fourth-order valence-corrected chi connectivity index (χ4v) is 10.8. The Bertz CT molecular complexity index is 1500. The fraction of sp³-hybridized carbons (Fsp3) is 0.857. The zero-order chi connectivity index (χ0) is 58.9. The molecule has 6 N–H and O–H groups in total. The van der Waals surface area contributed by atoms with E-state index >= 15 is 0 Å². The maximum Gasteiger partial charge on any atom is 0.306 e. The molecular weight excluding hydrogens is 1010 g/mol. The van der Waals surface area contributed by atoms with Crippen molar-refractivity contribution in [3.05, 3.63) is 48.6 Å². The molecule has 1 rings (SSSR count). The number of amides is 1. The van der Waals surface area contributed by atoms with Crippen LogP contribution >= 0.6 is 0 Å². The number of allylic oxidation sites excluding steroid dienone is 7. The summed E-state index contributed by atoms with van der Waals surface area (Å²) in [4.78, 5) is 26.6. The Morgan fingerprint density at radius 2 is 0.852 bits per heavy atom. The van der Waals surface area contributed by atoms with E-state index in [1.165, 1.54) is 186 Å². The number of rotatable bonds is 59. The molecule has 1 heterocycles. The van der Waals surface area contributed by atoms with E-state index in [2.05, 4.69) is 62.5 Å². The topological polar surface area (TPSA) is 175 Å². The Labute approximate surface area is 497 Å². The number of unbranched alkanes of at least 4 members (excludes halogenated alkanes) is 39. The van der Waals surface area contributed by atoms with Crippen molar-refractivity contribution in [3.63, 3.8) is 0 Å². The summed E-state index contributed by atoms with van der Waals surface area (Å²) in [5, 5.41) is 57.1. The van der Waals surface area contributed by atoms with Crippen molar-refractivity contribution in [1.29, 1.82) is 0 Å². The molecule has 8 atom stereocenters. The van der Waals surface area contributed by atoms with Crippen molar-refractivity contribution < 1.29 is 49.3 Å². The van der Waals surface area contributed by atoms with Gasteiger partial charge in [-0.2, -0.15) is 0 Å². The molecule has 11 nitrogen and oxygen atoms in total. The van der Waals surface area contributed by atoms with Crippen LogP contribution in [-0.2, 0) is 23.8 Å². The lowest BCUT2D eigenvalue weighted by Gasteiger charge is -2.41. The van der Waals surface area contributed by atoms with E-state index < -0.39 is 67.4 Å². The highest BCUT2D eigenvalue weighted by Crippen LogP contribution is 2.26. The van der Waals surface area contributed by atoms with Gasteiger partial charge in [-0.25, -0.2) is 0 Å². The summed E-state index contributed by atoms with van der Waals surface area (Å²) in [5.74, 6) is -1.20. The van der Waals surface area contributed by atoms with Crippen LogP contribution in [0.25, 0.3) is 0 Å². The minimum Gasteiger partial charge on any atom is -0.454 e. The highest BCUT2D eigenvalue weighted by molar-refractivity contribution is 5.80. The molecule has 8 unspecified atom stereocenters. The minimum atomic E-state index is -1.62. The first-order chi connectivity index (χ1) is 39.7. The standard InChI is InChI=1S/C70H129NO10/c1-4-7-10-13-16-19-22-24-26-28-30-31-32-34-35-37-39-42-45-48-51-54-57-63(74)69(78)71-61(62(73)56-53-50-47-44-41-21-18-15-12-9-6-3)60-79-70-68(67(77)66(76)64(59-72)80-70)81-65(75)58-55-52-49-46-43-40-38-36-33-29-27-25-23-20-17-14-11-8-5-2/h17,20,25,27,33,36,53,56,61-64,66-68,70,72-74,76-77H,4-16,18-19,21-24,26,28-32,34-35,37-52,54-55,57-60H2,1-3H3,(H,71,78)/b20-17-,27-25-,36-33-,56-53+. The molecule has 0 radical (unpaired) electrons. The van der Waals surface area contributed by atoms with Gasteiger partial charge in [0.05, 0.1) is 25.4 Å². The zero-order valence-electron chi connectivity index (χ0n) is 52.7. The number of aliphatic hydroxyl groups excluding tert-OH is 5. The third-order valence-electron chi connectivity index (χ3n) is 16.2. The van der Waals surface area contributed by atoms with Crippen LogP contribution in [0, 0.1) is 0 Å². The summed E-state index contributed by atoms with van der Waals surface area (Å²) in [6, 6.07) is -1.02. The van der Waals surface area contributed by atoms with E-state index in [1.807, 2.05) is 6.08 Å². The maximum atomic E-state index is 13.5. The van der Waals surface area contributed by atoms with Gasteiger partial charge < -0.3 is 45.1 Å². The smallest absolute Gasteiger partial charge is 0.306 e. The van der Waals surface area contributed by atoms with Crippen LogP contribution in [0.5, 0.6) is 0 Å². The van der Waals surface area contributed by atoms with Gasteiger partial charge in [-0.1, -0.05) is 301 Å². The number of carbonyl (C=O) groups is 2. The lowest BCUT2D eigenvalue weighted by Crippen LogP contribution is -2.61. The normalized spacial score (nSPS) is 18.9. The first-order valence-corrected chi connectivity index (χ1v) is 34.4. The van der Waals surface area contributed by atoms with Crippen molar-refractivity contribution in [2.75, 3.05) is 13.2 Å². The van der Waals surface area contributed by atoms with Crippen molar-refractivity contribution in [2.45, 2.75) is 372 Å². The van der Waals surface area contributed by atoms with Crippen LogP contribution in [0.15, 0.2) is 48.6 Å². The number of aliphatic hydroxyl groups is 5. The first kappa shape index (κ1) is 76.6. The van der Waals surface area contributed by atoms with Crippen LogP contribution < -0.4 is 5.32 Å². The third kappa shape index (κ3) is 45.6. The van der Waals surface area contributed by atoms with E-state index in [9.17, 15) is 35.1 Å². The average molecular weight is 1140 g/mol. The number of carbonyl (C=O) groups excluding carboxylic acids is 2. The Morgan fingerprint density at radius 3 is 1.30 bits per heavy atom. The van der Waals surface area contributed by atoms with Gasteiger partial charge in [0.1, 0.15) is 24.4 Å². The van der Waals surface area contributed by atoms with Crippen molar-refractivity contribution >= 4 is 11.9 Å². The predicted molar refractivity (Wildman–Crippen MR) is 338 cm³/mol. The van der Waals surface area contributed by atoms with Gasteiger partial charge in [0.25, 0.3) is 0 Å². The lowest BCUT2D eigenvalue weighted by atomic mass is 9.99. The second kappa shape index (κ2) is 58.0. The molecule has 0 spiro atoms. The quantitative estimate of drug-likeness (QED) is 0.0195. The fourth-order valence-electron chi connectivity index (χ4n) is 10.8. The molecule has 1 saturated heterocycles.